The monoisotopic (exact) mass is 794 g/mol. The molecule has 4 nitrogen and oxygen atoms in total. The Hall–Kier alpha value is -7.86. The van der Waals surface area contributed by atoms with E-state index in [9.17, 15) is 0 Å². The molecule has 0 fully saturated rings. The third-order valence-corrected chi connectivity index (χ3v) is 13.5. The van der Waals surface area contributed by atoms with Gasteiger partial charge in [-0.05, 0) is 86.8 Å². The van der Waals surface area contributed by atoms with Crippen molar-refractivity contribution in [2.45, 2.75) is 0 Å². The van der Waals surface area contributed by atoms with Crippen LogP contribution in [0.1, 0.15) is 0 Å². The van der Waals surface area contributed by atoms with E-state index in [4.69, 9.17) is 9.97 Å². The standard InChI is InChI=1S/C56H34N4S/c1-4-16-37(17-5-1)51-34-46-54(61-51)56(58-55(57-46)38-18-6-2-7-19-38)60-47-29-27-39(32-45(47)53-43-23-13-11-15-36(43)26-31-49(53)60)40-24-28-44-50(33-40)59(41-20-8-3-9-21-41)48-30-25-35-14-10-12-22-42(35)52(44)48/h1-34H. The Kier molecular flexibility index (Phi) is 7.44. The second-order valence-corrected chi connectivity index (χ2v) is 16.8. The molecule has 0 amide bonds. The molecular weight excluding hydrogens is 761 g/mol. The summed E-state index contributed by atoms with van der Waals surface area (Å²) in [6.07, 6.45) is 0. The van der Waals surface area contributed by atoms with Crippen LogP contribution in [0.25, 0.3) is 120 Å². The van der Waals surface area contributed by atoms with Gasteiger partial charge >= 0.3 is 0 Å². The van der Waals surface area contributed by atoms with Crippen LogP contribution in [0.4, 0.5) is 0 Å². The molecule has 5 heteroatoms. The van der Waals surface area contributed by atoms with Crippen LogP contribution < -0.4 is 0 Å². The molecule has 0 unspecified atom stereocenters. The molecule has 0 aliphatic carbocycles. The van der Waals surface area contributed by atoms with Gasteiger partial charge in [-0.1, -0.05) is 158 Å². The average Bonchev–Trinajstić information content (AvgIpc) is 4.02. The fourth-order valence-electron chi connectivity index (χ4n) is 9.55. The van der Waals surface area contributed by atoms with Crippen molar-refractivity contribution in [2.24, 2.45) is 0 Å². The van der Waals surface area contributed by atoms with Crippen molar-refractivity contribution in [3.05, 3.63) is 206 Å². The summed E-state index contributed by atoms with van der Waals surface area (Å²) in [5.74, 6) is 1.60. The highest BCUT2D eigenvalue weighted by molar-refractivity contribution is 7.22. The van der Waals surface area contributed by atoms with Crippen molar-refractivity contribution in [2.75, 3.05) is 0 Å². The van der Waals surface area contributed by atoms with Crippen LogP contribution in [0.15, 0.2) is 206 Å². The predicted molar refractivity (Wildman–Crippen MR) is 257 cm³/mol. The molecule has 9 aromatic carbocycles. The van der Waals surface area contributed by atoms with Crippen molar-refractivity contribution in [1.82, 2.24) is 19.1 Å². The fourth-order valence-corrected chi connectivity index (χ4v) is 10.6. The topological polar surface area (TPSA) is 35.6 Å². The van der Waals surface area contributed by atoms with Crippen molar-refractivity contribution in [3.63, 3.8) is 0 Å². The first kappa shape index (κ1) is 34.0. The summed E-state index contributed by atoms with van der Waals surface area (Å²) in [4.78, 5) is 11.8. The lowest BCUT2D eigenvalue weighted by Gasteiger charge is -2.11. The Morgan fingerprint density at radius 2 is 0.934 bits per heavy atom. The number of benzene rings is 9. The van der Waals surface area contributed by atoms with Crippen LogP contribution in [0, 0.1) is 0 Å². The van der Waals surface area contributed by atoms with E-state index in [-0.39, 0.29) is 0 Å². The lowest BCUT2D eigenvalue weighted by molar-refractivity contribution is 1.08. The Morgan fingerprint density at radius 1 is 0.361 bits per heavy atom. The molecule has 13 aromatic rings. The van der Waals surface area contributed by atoms with Gasteiger partial charge in [-0.3, -0.25) is 4.57 Å². The van der Waals surface area contributed by atoms with Gasteiger partial charge in [0.15, 0.2) is 11.6 Å². The molecule has 4 heterocycles. The molecule has 284 valence electrons. The van der Waals surface area contributed by atoms with E-state index in [0.717, 1.165) is 43.9 Å². The smallest absolute Gasteiger partial charge is 0.162 e. The minimum atomic E-state index is 0.711. The van der Waals surface area contributed by atoms with Crippen LogP contribution in [-0.4, -0.2) is 19.1 Å². The summed E-state index contributed by atoms with van der Waals surface area (Å²) in [7, 11) is 0. The van der Waals surface area contributed by atoms with Crippen molar-refractivity contribution in [1.29, 1.82) is 0 Å². The molecule has 0 radical (unpaired) electrons. The maximum absolute atomic E-state index is 5.46. The lowest BCUT2D eigenvalue weighted by Crippen LogP contribution is -2.01. The fraction of sp³-hybridized carbons (Fsp3) is 0. The summed E-state index contributed by atoms with van der Waals surface area (Å²) in [6.45, 7) is 0. The third-order valence-electron chi connectivity index (χ3n) is 12.3. The first-order valence-corrected chi connectivity index (χ1v) is 21.5. The van der Waals surface area contributed by atoms with Gasteiger partial charge in [0.2, 0.25) is 0 Å². The van der Waals surface area contributed by atoms with Gasteiger partial charge in [0.1, 0.15) is 0 Å². The molecule has 0 N–H and O–H groups in total. The molecule has 0 spiro atoms. The predicted octanol–water partition coefficient (Wildman–Crippen LogP) is 15.2. The lowest BCUT2D eigenvalue weighted by atomic mass is 9.98. The van der Waals surface area contributed by atoms with Gasteiger partial charge in [0, 0.05) is 37.7 Å². The summed E-state index contributed by atoms with van der Waals surface area (Å²) >= 11 is 1.75. The Bertz CT molecular complexity index is 3860. The molecule has 0 saturated carbocycles. The van der Waals surface area contributed by atoms with Gasteiger partial charge < -0.3 is 4.57 Å². The Labute approximate surface area is 354 Å². The van der Waals surface area contributed by atoms with Gasteiger partial charge in [0.25, 0.3) is 0 Å². The zero-order chi connectivity index (χ0) is 40.0. The van der Waals surface area contributed by atoms with E-state index in [1.54, 1.807) is 11.3 Å². The van der Waals surface area contributed by atoms with Crippen molar-refractivity contribution >= 4 is 86.7 Å². The van der Waals surface area contributed by atoms with Crippen LogP contribution >= 0.6 is 11.3 Å². The van der Waals surface area contributed by atoms with E-state index in [0.29, 0.717) is 5.82 Å². The molecule has 0 saturated heterocycles. The summed E-state index contributed by atoms with van der Waals surface area (Å²) < 4.78 is 5.86. The van der Waals surface area contributed by atoms with Gasteiger partial charge in [-0.15, -0.1) is 11.3 Å². The molecule has 0 aliphatic heterocycles. The highest BCUT2D eigenvalue weighted by Crippen LogP contribution is 2.44. The number of nitrogens with zero attached hydrogens (tertiary/aromatic N) is 4. The highest BCUT2D eigenvalue weighted by Gasteiger charge is 2.22. The molecule has 0 atom stereocenters. The van der Waals surface area contributed by atoms with Crippen LogP contribution in [0.2, 0.25) is 0 Å². The van der Waals surface area contributed by atoms with E-state index >= 15 is 0 Å². The first-order valence-electron chi connectivity index (χ1n) is 20.7. The van der Waals surface area contributed by atoms with Crippen molar-refractivity contribution < 1.29 is 0 Å². The minimum absolute atomic E-state index is 0.711. The van der Waals surface area contributed by atoms with Gasteiger partial charge in [0.05, 0.1) is 32.3 Å². The average molecular weight is 795 g/mol. The molecule has 13 rings (SSSR count). The molecular formula is C56H34N4S. The largest absolute Gasteiger partial charge is 0.309 e. The minimum Gasteiger partial charge on any atom is -0.309 e. The molecule has 61 heavy (non-hydrogen) atoms. The second-order valence-electron chi connectivity index (χ2n) is 15.8. The third kappa shape index (κ3) is 5.24. The summed E-state index contributed by atoms with van der Waals surface area (Å²) in [5.41, 5.74) is 11.2. The number of aromatic nitrogens is 4. The van der Waals surface area contributed by atoms with E-state index in [1.165, 1.54) is 70.1 Å². The number of para-hydroxylation sites is 1. The summed E-state index contributed by atoms with van der Waals surface area (Å²) in [6, 6.07) is 74.4. The Morgan fingerprint density at radius 3 is 1.66 bits per heavy atom. The normalized spacial score (nSPS) is 11.9. The van der Waals surface area contributed by atoms with E-state index in [2.05, 4.69) is 209 Å². The SMILES string of the molecule is c1ccc(-c2nc(-n3c4ccc(-c5ccc6c7c8ccccc8ccc7n(-c7ccccc7)c6c5)cc4c4c5ccccc5ccc43)c3sc(-c4ccccc4)cc3n2)cc1. The maximum Gasteiger partial charge on any atom is 0.162 e. The number of hydrogen-bond acceptors (Lipinski definition) is 3. The summed E-state index contributed by atoms with van der Waals surface area (Å²) in [5, 5.41) is 9.87. The molecule has 0 aliphatic rings. The highest BCUT2D eigenvalue weighted by atomic mass is 32.1. The van der Waals surface area contributed by atoms with Crippen LogP contribution in [0.3, 0.4) is 0 Å². The second kappa shape index (κ2) is 13.3. The van der Waals surface area contributed by atoms with E-state index < -0.39 is 0 Å². The van der Waals surface area contributed by atoms with Gasteiger partial charge in [-0.25, -0.2) is 9.97 Å². The number of thiophene rings is 1. The first-order chi connectivity index (χ1) is 30.2. The Balaban J connectivity index is 1.09. The number of hydrogen-bond donors (Lipinski definition) is 0. The van der Waals surface area contributed by atoms with Crippen molar-refractivity contribution in [3.8, 4) is 44.5 Å². The maximum atomic E-state index is 5.46. The van der Waals surface area contributed by atoms with Crippen LogP contribution in [-0.2, 0) is 0 Å². The van der Waals surface area contributed by atoms with Gasteiger partial charge in [-0.2, -0.15) is 0 Å². The number of rotatable bonds is 5. The zero-order valence-corrected chi connectivity index (χ0v) is 33.6. The van der Waals surface area contributed by atoms with Crippen LogP contribution in [0.5, 0.6) is 0 Å². The quantitative estimate of drug-likeness (QED) is 0.174. The van der Waals surface area contributed by atoms with E-state index in [1.807, 2.05) is 6.07 Å². The number of fused-ring (bicyclic) bond motifs is 11. The molecule has 4 aromatic heterocycles. The molecule has 0 bridgehead atoms. The zero-order valence-electron chi connectivity index (χ0n) is 32.8.